The molecule has 3 nitrogen and oxygen atoms in total. The van der Waals surface area contributed by atoms with Crippen molar-refractivity contribution >= 4 is 10.9 Å². The van der Waals surface area contributed by atoms with Gasteiger partial charge in [-0.15, -0.1) is 0 Å². The second kappa shape index (κ2) is 6.59. The van der Waals surface area contributed by atoms with Crippen LogP contribution in [0.4, 0.5) is 0 Å². The van der Waals surface area contributed by atoms with E-state index in [4.69, 9.17) is 0 Å². The number of nitrogens with zero attached hydrogens (tertiary/aromatic N) is 2. The quantitative estimate of drug-likeness (QED) is 0.668. The standard InChI is InChI=1S/C18H18N2O.Ti/c1-12(2)20-16-11-13(3)9-10-15(16)17(19-18(20)21)14-7-5-4-6-8-14;/h4-12H,1-3H3;. The molecule has 0 unspecified atom stereocenters. The Morgan fingerprint density at radius 3 is 2.36 bits per heavy atom. The van der Waals surface area contributed by atoms with E-state index in [1.165, 1.54) is 0 Å². The molecule has 3 rings (SSSR count). The molecular weight excluding hydrogens is 308 g/mol. The third-order valence-electron chi connectivity index (χ3n) is 3.65. The van der Waals surface area contributed by atoms with Gasteiger partial charge in [-0.2, -0.15) is 4.98 Å². The zero-order valence-corrected chi connectivity index (χ0v) is 14.6. The molecule has 0 radical (unpaired) electrons. The molecule has 1 heterocycles. The Labute approximate surface area is 144 Å². The topological polar surface area (TPSA) is 34.9 Å². The van der Waals surface area contributed by atoms with Crippen molar-refractivity contribution in [1.29, 1.82) is 0 Å². The molecule has 0 fully saturated rings. The Morgan fingerprint density at radius 1 is 1.05 bits per heavy atom. The first kappa shape index (κ1) is 16.7. The van der Waals surface area contributed by atoms with Gasteiger partial charge in [-0.05, 0) is 32.4 Å². The van der Waals surface area contributed by atoms with Gasteiger partial charge >= 0.3 is 5.69 Å². The maximum atomic E-state index is 12.4. The van der Waals surface area contributed by atoms with Gasteiger partial charge in [-0.25, -0.2) is 4.79 Å². The van der Waals surface area contributed by atoms with Crippen LogP contribution in [0.1, 0.15) is 25.5 Å². The van der Waals surface area contributed by atoms with Crippen LogP contribution in [-0.4, -0.2) is 9.55 Å². The van der Waals surface area contributed by atoms with E-state index in [-0.39, 0.29) is 33.4 Å². The van der Waals surface area contributed by atoms with Gasteiger partial charge in [-0.3, -0.25) is 4.57 Å². The fourth-order valence-corrected chi connectivity index (χ4v) is 2.67. The molecule has 0 amide bonds. The van der Waals surface area contributed by atoms with E-state index < -0.39 is 0 Å². The van der Waals surface area contributed by atoms with Gasteiger partial charge in [0.25, 0.3) is 0 Å². The Balaban J connectivity index is 0.00000176. The molecule has 110 valence electrons. The minimum atomic E-state index is -0.193. The first-order chi connectivity index (χ1) is 10.1. The maximum absolute atomic E-state index is 12.4. The van der Waals surface area contributed by atoms with Gasteiger partial charge in [0.2, 0.25) is 0 Å². The summed E-state index contributed by atoms with van der Waals surface area (Å²) in [5, 5.41) is 1.01. The fourth-order valence-electron chi connectivity index (χ4n) is 2.67. The number of benzene rings is 2. The van der Waals surface area contributed by atoms with Crippen LogP contribution < -0.4 is 5.69 Å². The molecule has 3 aromatic rings. The van der Waals surface area contributed by atoms with Crippen molar-refractivity contribution in [3.05, 3.63) is 64.6 Å². The van der Waals surface area contributed by atoms with E-state index in [2.05, 4.69) is 23.2 Å². The largest absolute Gasteiger partial charge is 0.348 e. The van der Waals surface area contributed by atoms with Crippen LogP contribution >= 0.6 is 0 Å². The Morgan fingerprint density at radius 2 is 1.73 bits per heavy atom. The molecule has 0 saturated heterocycles. The summed E-state index contributed by atoms with van der Waals surface area (Å²) in [4.78, 5) is 16.8. The van der Waals surface area contributed by atoms with Crippen LogP contribution in [0, 0.1) is 6.92 Å². The molecular formula is C18H18N2OTi. The van der Waals surface area contributed by atoms with Crippen molar-refractivity contribution in [2.45, 2.75) is 26.8 Å². The molecule has 0 N–H and O–H groups in total. The van der Waals surface area contributed by atoms with Crippen molar-refractivity contribution in [2.75, 3.05) is 0 Å². The molecule has 0 aliphatic carbocycles. The first-order valence-electron chi connectivity index (χ1n) is 7.16. The molecule has 0 spiro atoms. The Bertz CT molecular complexity index is 854. The summed E-state index contributed by atoms with van der Waals surface area (Å²) in [7, 11) is 0. The van der Waals surface area contributed by atoms with Crippen molar-refractivity contribution in [2.24, 2.45) is 0 Å². The van der Waals surface area contributed by atoms with Crippen LogP contribution in [0.5, 0.6) is 0 Å². The minimum Gasteiger partial charge on any atom is -0.289 e. The minimum absolute atomic E-state index is 0. The van der Waals surface area contributed by atoms with Crippen molar-refractivity contribution in [3.8, 4) is 11.3 Å². The summed E-state index contributed by atoms with van der Waals surface area (Å²) in [5.74, 6) is 0. The van der Waals surface area contributed by atoms with Crippen LogP contribution in [0.3, 0.4) is 0 Å². The molecule has 0 bridgehead atoms. The Hall–Kier alpha value is -1.71. The average molecular weight is 326 g/mol. The van der Waals surface area contributed by atoms with Gasteiger partial charge in [0.15, 0.2) is 0 Å². The van der Waals surface area contributed by atoms with Gasteiger partial charge in [0.1, 0.15) is 0 Å². The second-order valence-electron chi connectivity index (χ2n) is 5.59. The summed E-state index contributed by atoms with van der Waals surface area (Å²) >= 11 is 0. The van der Waals surface area contributed by atoms with Crippen LogP contribution in [0.15, 0.2) is 53.3 Å². The van der Waals surface area contributed by atoms with E-state index in [1.54, 1.807) is 4.57 Å². The summed E-state index contributed by atoms with van der Waals surface area (Å²) in [6.07, 6.45) is 0. The molecule has 4 heteroatoms. The third kappa shape index (κ3) is 2.92. The van der Waals surface area contributed by atoms with E-state index >= 15 is 0 Å². The Kier molecular flexibility index (Phi) is 4.99. The zero-order valence-electron chi connectivity index (χ0n) is 13.0. The maximum Gasteiger partial charge on any atom is 0.348 e. The van der Waals surface area contributed by atoms with Gasteiger partial charge in [0.05, 0.1) is 11.2 Å². The van der Waals surface area contributed by atoms with Crippen LogP contribution in [0.25, 0.3) is 22.2 Å². The summed E-state index contributed by atoms with van der Waals surface area (Å²) in [5.41, 5.74) is 3.62. The molecule has 22 heavy (non-hydrogen) atoms. The molecule has 2 aromatic carbocycles. The molecule has 0 aliphatic heterocycles. The van der Waals surface area contributed by atoms with E-state index in [0.29, 0.717) is 0 Å². The number of hydrogen-bond acceptors (Lipinski definition) is 2. The molecule has 0 aliphatic rings. The van der Waals surface area contributed by atoms with Gasteiger partial charge in [-0.1, -0.05) is 42.5 Å². The average Bonchev–Trinajstić information content (AvgIpc) is 2.46. The normalized spacial score (nSPS) is 10.7. The van der Waals surface area contributed by atoms with Crippen molar-refractivity contribution in [1.82, 2.24) is 9.55 Å². The van der Waals surface area contributed by atoms with E-state index in [0.717, 1.165) is 27.7 Å². The van der Waals surface area contributed by atoms with Crippen molar-refractivity contribution < 1.29 is 21.7 Å². The van der Waals surface area contributed by atoms with Crippen molar-refractivity contribution in [3.63, 3.8) is 0 Å². The number of aryl methyl sites for hydroxylation is 1. The number of fused-ring (bicyclic) bond motifs is 1. The van der Waals surface area contributed by atoms with Crippen LogP contribution in [-0.2, 0) is 21.7 Å². The molecule has 1 aromatic heterocycles. The smallest absolute Gasteiger partial charge is 0.289 e. The SMILES string of the molecule is Cc1ccc2c(-c3ccccc3)nc(=O)n(C(C)C)c2c1.[Ti]. The van der Waals surface area contributed by atoms with Gasteiger partial charge in [0, 0.05) is 38.7 Å². The number of hydrogen-bond donors (Lipinski definition) is 0. The zero-order chi connectivity index (χ0) is 15.0. The fraction of sp³-hybridized carbons (Fsp3) is 0.222. The monoisotopic (exact) mass is 326 g/mol. The summed E-state index contributed by atoms with van der Waals surface area (Å²) in [6, 6.07) is 16.1. The van der Waals surface area contributed by atoms with E-state index in [9.17, 15) is 4.79 Å². The van der Waals surface area contributed by atoms with E-state index in [1.807, 2.05) is 51.1 Å². The molecule has 0 saturated carbocycles. The predicted molar refractivity (Wildman–Crippen MR) is 86.6 cm³/mol. The summed E-state index contributed by atoms with van der Waals surface area (Å²) < 4.78 is 1.76. The van der Waals surface area contributed by atoms with Crippen LogP contribution in [0.2, 0.25) is 0 Å². The molecule has 0 atom stereocenters. The number of rotatable bonds is 2. The van der Waals surface area contributed by atoms with Gasteiger partial charge < -0.3 is 0 Å². The predicted octanol–water partition coefficient (Wildman–Crippen LogP) is 3.95. The number of aromatic nitrogens is 2. The first-order valence-corrected chi connectivity index (χ1v) is 7.16. The third-order valence-corrected chi connectivity index (χ3v) is 3.65. The summed E-state index contributed by atoms with van der Waals surface area (Å²) in [6.45, 7) is 6.05. The second-order valence-corrected chi connectivity index (χ2v) is 5.59.